The molecule has 0 aliphatic carbocycles. The van der Waals surface area contributed by atoms with E-state index >= 15 is 0 Å². The minimum absolute atomic E-state index is 0.184. The third-order valence-electron chi connectivity index (χ3n) is 4.85. The molecule has 1 atom stereocenters. The number of benzene rings is 2. The van der Waals surface area contributed by atoms with Gasteiger partial charge in [-0.05, 0) is 55.8 Å². The highest BCUT2D eigenvalue weighted by molar-refractivity contribution is 6.30. The first-order valence-electron chi connectivity index (χ1n) is 9.12. The summed E-state index contributed by atoms with van der Waals surface area (Å²) in [7, 11) is 0. The molecule has 1 aliphatic heterocycles. The molecule has 0 saturated heterocycles. The molecule has 3 aromatic rings. The van der Waals surface area contributed by atoms with E-state index in [0.717, 1.165) is 22.4 Å². The smallest absolute Gasteiger partial charge is 0.322 e. The Bertz CT molecular complexity index is 1090. The minimum Gasteiger partial charge on any atom is -0.334 e. The van der Waals surface area contributed by atoms with Gasteiger partial charge in [0.1, 0.15) is 0 Å². The number of carbonyl (C=O) groups is 1. The quantitative estimate of drug-likeness (QED) is 0.590. The lowest BCUT2D eigenvalue weighted by molar-refractivity contribution is 0.207. The summed E-state index contributed by atoms with van der Waals surface area (Å²) in [5, 5.41) is 8.35. The Balaban J connectivity index is 1.81. The van der Waals surface area contributed by atoms with E-state index in [4.69, 9.17) is 27.7 Å². The van der Waals surface area contributed by atoms with E-state index in [0.29, 0.717) is 28.3 Å². The second kappa shape index (κ2) is 7.89. The average Bonchev–Trinajstić information content (AvgIpc) is 3.18. The van der Waals surface area contributed by atoms with Crippen molar-refractivity contribution in [2.24, 2.45) is 0 Å². The van der Waals surface area contributed by atoms with Gasteiger partial charge in [-0.3, -0.25) is 4.90 Å². The SMILES string of the molecule is CCN1C(=O)NC(c2cccc(Cl)c2)C(c2nc(-c3ccc(Cl)cc3)no2)=C1C. The Labute approximate surface area is 178 Å². The fourth-order valence-electron chi connectivity index (χ4n) is 3.42. The van der Waals surface area contributed by atoms with Crippen LogP contribution in [0.15, 0.2) is 58.8 Å². The maximum Gasteiger partial charge on any atom is 0.322 e. The van der Waals surface area contributed by atoms with E-state index in [1.807, 2.05) is 44.2 Å². The van der Waals surface area contributed by atoms with Gasteiger partial charge in [0.2, 0.25) is 5.82 Å². The molecule has 1 aromatic heterocycles. The minimum atomic E-state index is -0.456. The average molecular weight is 429 g/mol. The van der Waals surface area contributed by atoms with Gasteiger partial charge in [-0.15, -0.1) is 0 Å². The highest BCUT2D eigenvalue weighted by atomic mass is 35.5. The lowest BCUT2D eigenvalue weighted by Gasteiger charge is -2.34. The van der Waals surface area contributed by atoms with Crippen LogP contribution in [0.5, 0.6) is 0 Å². The van der Waals surface area contributed by atoms with Gasteiger partial charge in [0.25, 0.3) is 5.89 Å². The van der Waals surface area contributed by atoms with Crippen LogP contribution in [0.3, 0.4) is 0 Å². The van der Waals surface area contributed by atoms with Crippen LogP contribution in [-0.2, 0) is 0 Å². The van der Waals surface area contributed by atoms with Crippen molar-refractivity contribution in [2.75, 3.05) is 6.54 Å². The molecular weight excluding hydrogens is 411 g/mol. The van der Waals surface area contributed by atoms with Crippen molar-refractivity contribution in [3.05, 3.63) is 75.7 Å². The van der Waals surface area contributed by atoms with E-state index in [1.54, 1.807) is 23.1 Å². The van der Waals surface area contributed by atoms with E-state index in [2.05, 4.69) is 15.5 Å². The summed E-state index contributed by atoms with van der Waals surface area (Å²) in [5.41, 5.74) is 3.12. The molecule has 0 fully saturated rings. The number of aromatic nitrogens is 2. The van der Waals surface area contributed by atoms with Crippen LogP contribution < -0.4 is 5.32 Å². The number of carbonyl (C=O) groups excluding carboxylic acids is 1. The van der Waals surface area contributed by atoms with Crippen LogP contribution >= 0.6 is 23.2 Å². The van der Waals surface area contributed by atoms with Gasteiger partial charge >= 0.3 is 6.03 Å². The highest BCUT2D eigenvalue weighted by Crippen LogP contribution is 2.37. The molecule has 1 aliphatic rings. The number of urea groups is 1. The lowest BCUT2D eigenvalue weighted by atomic mass is 9.94. The van der Waals surface area contributed by atoms with Crippen LogP contribution in [0.2, 0.25) is 10.0 Å². The number of rotatable bonds is 4. The van der Waals surface area contributed by atoms with Gasteiger partial charge < -0.3 is 9.84 Å². The largest absolute Gasteiger partial charge is 0.334 e. The standard InChI is InChI=1S/C21H18Cl2N4O2/c1-3-27-12(2)17(18(24-21(27)28)14-5-4-6-16(23)11-14)20-25-19(26-29-20)13-7-9-15(22)10-8-13/h4-11,18H,3H2,1-2H3,(H,24,28). The van der Waals surface area contributed by atoms with Gasteiger partial charge in [0.15, 0.2) is 0 Å². The van der Waals surface area contributed by atoms with Crippen LogP contribution in [0.25, 0.3) is 17.0 Å². The first-order chi connectivity index (χ1) is 14.0. The summed E-state index contributed by atoms with van der Waals surface area (Å²) in [6.07, 6.45) is 0. The molecule has 8 heteroatoms. The molecule has 2 heterocycles. The number of hydrogen-bond donors (Lipinski definition) is 1. The van der Waals surface area contributed by atoms with Crippen molar-refractivity contribution in [3.8, 4) is 11.4 Å². The van der Waals surface area contributed by atoms with Crippen LogP contribution in [0.4, 0.5) is 4.79 Å². The first kappa shape index (κ1) is 19.5. The number of amides is 2. The van der Waals surface area contributed by atoms with Crippen molar-refractivity contribution in [1.82, 2.24) is 20.4 Å². The first-order valence-corrected chi connectivity index (χ1v) is 9.87. The van der Waals surface area contributed by atoms with E-state index in [9.17, 15) is 4.79 Å². The van der Waals surface area contributed by atoms with Crippen LogP contribution in [0.1, 0.15) is 31.3 Å². The van der Waals surface area contributed by atoms with Gasteiger partial charge in [-0.1, -0.05) is 40.5 Å². The van der Waals surface area contributed by atoms with Gasteiger partial charge in [-0.25, -0.2) is 4.79 Å². The zero-order valence-electron chi connectivity index (χ0n) is 15.8. The summed E-state index contributed by atoms with van der Waals surface area (Å²) < 4.78 is 5.61. The van der Waals surface area contributed by atoms with Gasteiger partial charge in [0.05, 0.1) is 11.6 Å². The van der Waals surface area contributed by atoms with Gasteiger partial charge in [0, 0.05) is 27.9 Å². The second-order valence-corrected chi connectivity index (χ2v) is 7.48. The molecule has 0 spiro atoms. The normalized spacial score (nSPS) is 16.9. The highest BCUT2D eigenvalue weighted by Gasteiger charge is 2.35. The molecule has 6 nitrogen and oxygen atoms in total. The predicted molar refractivity (Wildman–Crippen MR) is 112 cm³/mol. The monoisotopic (exact) mass is 428 g/mol. The van der Waals surface area contributed by atoms with E-state index < -0.39 is 6.04 Å². The lowest BCUT2D eigenvalue weighted by Crippen LogP contribution is -2.45. The third-order valence-corrected chi connectivity index (χ3v) is 5.34. The number of nitrogens with one attached hydrogen (secondary N) is 1. The molecule has 4 rings (SSSR count). The van der Waals surface area contributed by atoms with Gasteiger partial charge in [-0.2, -0.15) is 4.98 Å². The zero-order chi connectivity index (χ0) is 20.5. The van der Waals surface area contributed by atoms with Crippen LogP contribution in [-0.4, -0.2) is 27.6 Å². The van der Waals surface area contributed by atoms with Crippen molar-refractivity contribution >= 4 is 34.8 Å². The molecule has 148 valence electrons. The summed E-state index contributed by atoms with van der Waals surface area (Å²) >= 11 is 12.1. The number of halogens is 2. The maximum atomic E-state index is 12.6. The van der Waals surface area contributed by atoms with Crippen molar-refractivity contribution < 1.29 is 9.32 Å². The summed E-state index contributed by atoms with van der Waals surface area (Å²) in [6.45, 7) is 4.30. The summed E-state index contributed by atoms with van der Waals surface area (Å²) in [5.74, 6) is 0.789. The van der Waals surface area contributed by atoms with Crippen molar-refractivity contribution in [3.63, 3.8) is 0 Å². The molecule has 1 N–H and O–H groups in total. The molecule has 2 aromatic carbocycles. The molecule has 29 heavy (non-hydrogen) atoms. The number of hydrogen-bond acceptors (Lipinski definition) is 4. The molecule has 0 bridgehead atoms. The van der Waals surface area contributed by atoms with Crippen molar-refractivity contribution in [2.45, 2.75) is 19.9 Å². The topological polar surface area (TPSA) is 71.3 Å². The number of allylic oxidation sites excluding steroid dienone is 1. The Hall–Kier alpha value is -2.83. The second-order valence-electron chi connectivity index (χ2n) is 6.61. The molecule has 0 radical (unpaired) electrons. The molecule has 1 unspecified atom stereocenters. The Morgan fingerprint density at radius 2 is 1.90 bits per heavy atom. The van der Waals surface area contributed by atoms with Crippen LogP contribution in [0, 0.1) is 0 Å². The Morgan fingerprint density at radius 3 is 2.59 bits per heavy atom. The summed E-state index contributed by atoms with van der Waals surface area (Å²) in [4.78, 5) is 18.8. The summed E-state index contributed by atoms with van der Waals surface area (Å²) in [6, 6.07) is 13.9. The Kier molecular flexibility index (Phi) is 5.30. The molecule has 2 amide bonds. The zero-order valence-corrected chi connectivity index (χ0v) is 17.3. The molecule has 0 saturated carbocycles. The Morgan fingerprint density at radius 1 is 1.14 bits per heavy atom. The fraction of sp³-hybridized carbons (Fsp3) is 0.190. The van der Waals surface area contributed by atoms with E-state index in [-0.39, 0.29) is 6.03 Å². The molecular formula is C21H18Cl2N4O2. The predicted octanol–water partition coefficient (Wildman–Crippen LogP) is 5.56. The fourth-order valence-corrected chi connectivity index (χ4v) is 3.75. The van der Waals surface area contributed by atoms with Crippen molar-refractivity contribution in [1.29, 1.82) is 0 Å². The third kappa shape index (κ3) is 3.73. The van der Waals surface area contributed by atoms with E-state index in [1.165, 1.54) is 0 Å². The number of nitrogens with zero attached hydrogens (tertiary/aromatic N) is 3. The maximum absolute atomic E-state index is 12.6.